The van der Waals surface area contributed by atoms with E-state index in [2.05, 4.69) is 20.9 Å². The quantitative estimate of drug-likeness (QED) is 0.0220. The van der Waals surface area contributed by atoms with Crippen molar-refractivity contribution in [2.75, 3.05) is 0 Å². The SMILES string of the molecule is CC(C)CC(C(=O)N[C@@H](CC(=O)O)c1cccc(Oc2ccccc2-c2ccc(=O)n(C(CC(C)C)C(=O)N[C@H](CC(=O)O)c3cccc(Oc4ccccc4)c3)c2)c1)n1ccc(-c2ccc(F)c(-c3cncc([C@H](CC(=O)O)NC(=O)C(CC(C)C)n4cc(C(F)(F)F)ccc4=O)c3)c2F)cc1=O. The van der Waals surface area contributed by atoms with Gasteiger partial charge in [-0.15, -0.1) is 0 Å². The molecule has 0 spiro atoms. The van der Waals surface area contributed by atoms with Gasteiger partial charge in [0.05, 0.1) is 48.5 Å². The van der Waals surface area contributed by atoms with Gasteiger partial charge in [-0.2, -0.15) is 13.2 Å². The molecule has 9 aromatic rings. The maximum Gasteiger partial charge on any atom is 0.417 e. The van der Waals surface area contributed by atoms with Gasteiger partial charge in [-0.25, -0.2) is 8.78 Å². The topological polar surface area (TPSA) is 297 Å². The zero-order valence-electron chi connectivity index (χ0n) is 57.3. The van der Waals surface area contributed by atoms with E-state index in [0.29, 0.717) is 51.1 Å². The molecule has 5 aromatic carbocycles. The minimum atomic E-state index is -4.89. The second-order valence-corrected chi connectivity index (χ2v) is 26.3. The zero-order chi connectivity index (χ0) is 75.3. The van der Waals surface area contributed by atoms with Crippen molar-refractivity contribution in [1.82, 2.24) is 34.6 Å². The summed E-state index contributed by atoms with van der Waals surface area (Å²) in [5.74, 6) is -8.01. The number of pyridine rings is 4. The predicted molar refractivity (Wildman–Crippen MR) is 375 cm³/mol. The molecule has 0 saturated heterocycles. The Balaban J connectivity index is 0.947. The first-order valence-corrected chi connectivity index (χ1v) is 33.3. The van der Waals surface area contributed by atoms with Crippen molar-refractivity contribution in [3.05, 3.63) is 254 Å². The van der Waals surface area contributed by atoms with Crippen molar-refractivity contribution in [2.45, 2.75) is 122 Å². The second kappa shape index (κ2) is 33.8. The number of aromatic nitrogens is 4. The number of hydrogen-bond acceptors (Lipinski definition) is 12. The summed E-state index contributed by atoms with van der Waals surface area (Å²) in [5, 5.41) is 38.4. The molecular formula is C78H76F5N7O14. The van der Waals surface area contributed by atoms with Crippen LogP contribution in [-0.2, 0) is 34.9 Å². The third-order valence-electron chi connectivity index (χ3n) is 17.0. The van der Waals surface area contributed by atoms with Crippen LogP contribution in [-0.4, -0.2) is 69.6 Å². The molecule has 104 heavy (non-hydrogen) atoms. The van der Waals surface area contributed by atoms with Crippen LogP contribution in [0.5, 0.6) is 23.0 Å². The number of aliphatic carboxylic acids is 3. The molecule has 9 rings (SSSR count). The number of ether oxygens (including phenoxy) is 2. The van der Waals surface area contributed by atoms with E-state index in [1.54, 1.807) is 125 Å². The van der Waals surface area contributed by atoms with Crippen molar-refractivity contribution >= 4 is 35.6 Å². The number of alkyl halides is 3. The van der Waals surface area contributed by atoms with Crippen molar-refractivity contribution in [3.8, 4) is 56.4 Å². The van der Waals surface area contributed by atoms with Crippen LogP contribution < -0.4 is 42.1 Å². The summed E-state index contributed by atoms with van der Waals surface area (Å²) in [4.78, 5) is 126. The molecule has 3 amide bonds. The molecule has 0 saturated carbocycles. The molecule has 4 aromatic heterocycles. The number of carboxylic acids is 3. The highest BCUT2D eigenvalue weighted by Gasteiger charge is 2.35. The third-order valence-corrected chi connectivity index (χ3v) is 17.0. The average Bonchev–Trinajstić information content (AvgIpc) is 0.777. The van der Waals surface area contributed by atoms with Crippen molar-refractivity contribution in [2.24, 2.45) is 17.8 Å². The van der Waals surface area contributed by atoms with Gasteiger partial charge in [0.25, 0.3) is 16.7 Å². The highest BCUT2D eigenvalue weighted by Crippen LogP contribution is 2.38. The molecule has 542 valence electrons. The summed E-state index contributed by atoms with van der Waals surface area (Å²) < 4.78 is 89.9. The minimum Gasteiger partial charge on any atom is -0.481 e. The Morgan fingerprint density at radius 2 is 0.952 bits per heavy atom. The van der Waals surface area contributed by atoms with Gasteiger partial charge in [-0.05, 0) is 138 Å². The standard InChI is InChI=1S/C78H76F5N7O14/c1-44(2)30-63(88-29-28-47(36-69(88)93)58-24-25-59(79)73(74(58)80)52-33-51(40-84-41-52)62(39-72(98)99)87-77(102)65(32-46(5)6)90-43-53(78(81,82)83)23-27-68(90)92)75(100)85-61(38-71(96)97)49-15-13-19-56(35-49)104-66-21-11-10-20-57(66)50-22-26-67(91)89(42-50)64(31-45(3)4)76(101)86-60(37-70(94)95)48-14-12-18-55(34-48)103-54-16-8-7-9-17-54/h7-29,33-36,40-46,60-65H,30-32,37-39H2,1-6H3,(H,85,100)(H,86,101)(H,87,102)(H,94,95)(H,96,97)(H,98,99)/t60-,61+,62+,63?,64?,65?/m1/s1. The fraction of sp³-hybridized carbons (Fsp3) is 0.282. The molecule has 26 heteroatoms. The normalized spacial score (nSPS) is 13.3. The first-order chi connectivity index (χ1) is 49.4. The van der Waals surface area contributed by atoms with Crippen LogP contribution in [0.15, 0.2) is 203 Å². The Hall–Kier alpha value is -11.8. The number of benzene rings is 5. The lowest BCUT2D eigenvalue weighted by Gasteiger charge is -2.26. The summed E-state index contributed by atoms with van der Waals surface area (Å²) in [6.07, 6.45) is -1.37. The summed E-state index contributed by atoms with van der Waals surface area (Å²) in [5.41, 5.74) is -3.26. The lowest BCUT2D eigenvalue weighted by atomic mass is 9.95. The number of hydrogen-bond donors (Lipinski definition) is 6. The van der Waals surface area contributed by atoms with Crippen molar-refractivity contribution in [3.63, 3.8) is 0 Å². The number of para-hydroxylation sites is 2. The number of carbonyl (C=O) groups excluding carboxylic acids is 3. The van der Waals surface area contributed by atoms with Gasteiger partial charge in [-0.3, -0.25) is 48.1 Å². The number of nitrogens with one attached hydrogen (secondary N) is 3. The number of rotatable bonds is 31. The van der Waals surface area contributed by atoms with Crippen LogP contribution in [0.2, 0.25) is 0 Å². The fourth-order valence-electron chi connectivity index (χ4n) is 12.2. The summed E-state index contributed by atoms with van der Waals surface area (Å²) >= 11 is 0. The smallest absolute Gasteiger partial charge is 0.417 e. The van der Waals surface area contributed by atoms with E-state index in [4.69, 9.17) is 9.47 Å². The highest BCUT2D eigenvalue weighted by molar-refractivity contribution is 5.84. The summed E-state index contributed by atoms with van der Waals surface area (Å²) in [6, 6.07) is 30.5. The summed E-state index contributed by atoms with van der Waals surface area (Å²) in [6.45, 7) is 10.6. The van der Waals surface area contributed by atoms with E-state index < -0.39 is 137 Å². The van der Waals surface area contributed by atoms with Gasteiger partial charge >= 0.3 is 24.1 Å². The van der Waals surface area contributed by atoms with Crippen molar-refractivity contribution < 1.29 is 75.5 Å². The lowest BCUT2D eigenvalue weighted by Crippen LogP contribution is -2.40. The second-order valence-electron chi connectivity index (χ2n) is 26.3. The molecule has 0 aliphatic heterocycles. The van der Waals surface area contributed by atoms with Gasteiger partial charge in [0, 0.05) is 71.4 Å². The Labute approximate surface area is 593 Å². The predicted octanol–water partition coefficient (Wildman–Crippen LogP) is 14.2. The van der Waals surface area contributed by atoms with Gasteiger partial charge in [0.2, 0.25) is 17.7 Å². The van der Waals surface area contributed by atoms with Crippen LogP contribution in [0.4, 0.5) is 22.0 Å². The van der Waals surface area contributed by atoms with Crippen LogP contribution in [0.1, 0.15) is 139 Å². The minimum absolute atomic E-state index is 0.0377. The van der Waals surface area contributed by atoms with E-state index in [9.17, 15) is 71.6 Å². The monoisotopic (exact) mass is 1430 g/mol. The molecule has 3 unspecified atom stereocenters. The molecule has 0 radical (unpaired) electrons. The molecule has 0 aliphatic carbocycles. The van der Waals surface area contributed by atoms with Gasteiger partial charge < -0.3 is 54.4 Å². The van der Waals surface area contributed by atoms with E-state index in [1.165, 1.54) is 35.2 Å². The number of carboxylic acid groups (broad SMARTS) is 3. The largest absolute Gasteiger partial charge is 0.481 e. The zero-order valence-corrected chi connectivity index (χ0v) is 57.3. The highest BCUT2D eigenvalue weighted by atomic mass is 19.4. The fourth-order valence-corrected chi connectivity index (χ4v) is 12.2. The first-order valence-electron chi connectivity index (χ1n) is 33.3. The number of halogens is 5. The molecule has 0 bridgehead atoms. The van der Waals surface area contributed by atoms with Gasteiger partial charge in [-0.1, -0.05) is 102 Å². The van der Waals surface area contributed by atoms with Crippen LogP contribution in [0.25, 0.3) is 33.4 Å². The molecule has 4 heterocycles. The first kappa shape index (κ1) is 76.4. The van der Waals surface area contributed by atoms with E-state index >= 15 is 8.78 Å². The molecule has 0 fully saturated rings. The number of carbonyl (C=O) groups is 6. The maximum absolute atomic E-state index is 17.0. The van der Waals surface area contributed by atoms with Crippen LogP contribution in [0.3, 0.4) is 0 Å². The summed E-state index contributed by atoms with van der Waals surface area (Å²) in [7, 11) is 0. The van der Waals surface area contributed by atoms with Crippen LogP contribution in [0, 0.1) is 29.4 Å². The lowest BCUT2D eigenvalue weighted by molar-refractivity contribution is -0.139. The Bertz CT molecular complexity index is 4830. The van der Waals surface area contributed by atoms with E-state index in [-0.39, 0.29) is 76.3 Å². The van der Waals surface area contributed by atoms with Crippen molar-refractivity contribution in [1.29, 1.82) is 0 Å². The Morgan fingerprint density at radius 1 is 0.462 bits per heavy atom. The molecule has 6 N–H and O–H groups in total. The molecule has 21 nitrogen and oxygen atoms in total. The Kier molecular flexibility index (Phi) is 24.8. The van der Waals surface area contributed by atoms with Gasteiger partial charge in [0.15, 0.2) is 0 Å². The number of amides is 3. The van der Waals surface area contributed by atoms with Crippen LogP contribution >= 0.6 is 0 Å². The average molecular weight is 1430 g/mol. The van der Waals surface area contributed by atoms with E-state index in [1.807, 2.05) is 19.9 Å². The molecule has 0 aliphatic rings. The van der Waals surface area contributed by atoms with Gasteiger partial charge in [0.1, 0.15) is 52.8 Å². The number of nitrogens with zero attached hydrogens (tertiary/aromatic N) is 4. The van der Waals surface area contributed by atoms with E-state index in [0.717, 1.165) is 41.2 Å². The molecular weight excluding hydrogens is 1350 g/mol. The maximum atomic E-state index is 17.0. The third kappa shape index (κ3) is 19.6. The molecule has 6 atom stereocenters. The Morgan fingerprint density at radius 3 is 1.48 bits per heavy atom.